The van der Waals surface area contributed by atoms with Gasteiger partial charge in [-0.25, -0.2) is 0 Å². The Bertz CT molecular complexity index is 514. The van der Waals surface area contributed by atoms with Crippen LogP contribution in [-0.2, 0) is 0 Å². The number of hydrogen-bond acceptors (Lipinski definition) is 3. The number of nitrogens with zero attached hydrogens (tertiary/aromatic N) is 1. The van der Waals surface area contributed by atoms with Crippen LogP contribution in [0.4, 0.5) is 0 Å². The van der Waals surface area contributed by atoms with Crippen LogP contribution in [0.25, 0.3) is 0 Å². The Hall–Kier alpha value is -1.83. The number of hydrogen-bond donors (Lipinski definition) is 2. The lowest BCUT2D eigenvalue weighted by atomic mass is 10.0. The summed E-state index contributed by atoms with van der Waals surface area (Å²) in [5, 5.41) is 2.93. The first-order chi connectivity index (χ1) is 9.60. The van der Waals surface area contributed by atoms with Gasteiger partial charge in [0, 0.05) is 24.2 Å². The van der Waals surface area contributed by atoms with Crippen molar-refractivity contribution in [1.82, 2.24) is 10.2 Å². The minimum atomic E-state index is -0.0524. The molecule has 20 heavy (non-hydrogen) atoms. The van der Waals surface area contributed by atoms with Crippen LogP contribution in [-0.4, -0.2) is 44.0 Å². The van der Waals surface area contributed by atoms with Crippen molar-refractivity contribution >= 4 is 5.91 Å². The molecule has 1 aromatic carbocycles. The molecular weight excluding hydrogens is 250 g/mol. The van der Waals surface area contributed by atoms with Gasteiger partial charge in [0.05, 0.1) is 6.54 Å². The van der Waals surface area contributed by atoms with E-state index in [1.807, 2.05) is 32.2 Å². The molecule has 4 nitrogen and oxygen atoms in total. The highest BCUT2D eigenvalue weighted by atomic mass is 16.1. The zero-order valence-corrected chi connectivity index (χ0v) is 12.5. The van der Waals surface area contributed by atoms with Gasteiger partial charge in [0.25, 0.3) is 5.91 Å². The standard InChI is InChI=1S/C16H23N3O/c1-4-19(3)12-11-18-16(20)15-9-5-7-14(13(15)2)8-6-10-17/h5,7,9H,4,10-12,17H2,1-3H3,(H,18,20). The quantitative estimate of drug-likeness (QED) is 0.787. The number of benzene rings is 1. The minimum Gasteiger partial charge on any atom is -0.351 e. The van der Waals surface area contributed by atoms with Crippen LogP contribution in [0.1, 0.15) is 28.4 Å². The van der Waals surface area contributed by atoms with Crippen molar-refractivity contribution in [3.05, 3.63) is 34.9 Å². The van der Waals surface area contributed by atoms with Crippen molar-refractivity contribution in [2.24, 2.45) is 5.73 Å². The maximum Gasteiger partial charge on any atom is 0.251 e. The molecule has 0 aliphatic carbocycles. The number of likely N-dealkylation sites (N-methyl/N-ethyl adjacent to an activating group) is 1. The summed E-state index contributed by atoms with van der Waals surface area (Å²) >= 11 is 0. The zero-order chi connectivity index (χ0) is 15.0. The Morgan fingerprint density at radius 3 is 2.85 bits per heavy atom. The Labute approximate surface area is 121 Å². The third-order valence-electron chi connectivity index (χ3n) is 3.22. The lowest BCUT2D eigenvalue weighted by Gasteiger charge is -2.14. The van der Waals surface area contributed by atoms with Crippen LogP contribution in [0.15, 0.2) is 18.2 Å². The van der Waals surface area contributed by atoms with Crippen molar-refractivity contribution in [1.29, 1.82) is 0 Å². The molecule has 108 valence electrons. The van der Waals surface area contributed by atoms with Gasteiger partial charge in [-0.3, -0.25) is 4.79 Å². The highest BCUT2D eigenvalue weighted by molar-refractivity contribution is 5.96. The molecular formula is C16H23N3O. The molecule has 1 rings (SSSR count). The minimum absolute atomic E-state index is 0.0524. The van der Waals surface area contributed by atoms with E-state index in [9.17, 15) is 4.79 Å². The van der Waals surface area contributed by atoms with Crippen LogP contribution < -0.4 is 11.1 Å². The molecule has 0 unspecified atom stereocenters. The third-order valence-corrected chi connectivity index (χ3v) is 3.22. The topological polar surface area (TPSA) is 58.4 Å². The van der Waals surface area contributed by atoms with Crippen molar-refractivity contribution < 1.29 is 4.79 Å². The van der Waals surface area contributed by atoms with E-state index >= 15 is 0 Å². The normalized spacial score (nSPS) is 10.1. The second-order valence-corrected chi connectivity index (χ2v) is 4.64. The molecule has 0 bridgehead atoms. The monoisotopic (exact) mass is 273 g/mol. The van der Waals surface area contributed by atoms with Crippen molar-refractivity contribution in [3.63, 3.8) is 0 Å². The molecule has 3 N–H and O–H groups in total. The van der Waals surface area contributed by atoms with Crippen LogP contribution in [0.5, 0.6) is 0 Å². The SMILES string of the molecule is CCN(C)CCNC(=O)c1cccc(C#CCN)c1C. The predicted molar refractivity (Wildman–Crippen MR) is 82.6 cm³/mol. The van der Waals surface area contributed by atoms with E-state index in [1.165, 1.54) is 0 Å². The first-order valence-electron chi connectivity index (χ1n) is 6.85. The zero-order valence-electron chi connectivity index (χ0n) is 12.5. The second-order valence-electron chi connectivity index (χ2n) is 4.64. The molecule has 1 amide bonds. The maximum absolute atomic E-state index is 12.2. The van der Waals surface area contributed by atoms with Crippen molar-refractivity contribution in [3.8, 4) is 11.8 Å². The number of carbonyl (C=O) groups excluding carboxylic acids is 1. The van der Waals surface area contributed by atoms with Gasteiger partial charge in [0.2, 0.25) is 0 Å². The molecule has 0 saturated carbocycles. The Morgan fingerprint density at radius 2 is 2.20 bits per heavy atom. The number of rotatable bonds is 5. The maximum atomic E-state index is 12.2. The van der Waals surface area contributed by atoms with Gasteiger partial charge in [0.15, 0.2) is 0 Å². The van der Waals surface area contributed by atoms with Gasteiger partial charge in [-0.1, -0.05) is 24.8 Å². The largest absolute Gasteiger partial charge is 0.351 e. The molecule has 0 aliphatic heterocycles. The summed E-state index contributed by atoms with van der Waals surface area (Å²) in [4.78, 5) is 14.3. The van der Waals surface area contributed by atoms with Gasteiger partial charge in [-0.2, -0.15) is 0 Å². The summed E-state index contributed by atoms with van der Waals surface area (Å²) < 4.78 is 0. The molecule has 1 aromatic rings. The van der Waals surface area contributed by atoms with E-state index in [2.05, 4.69) is 29.0 Å². The molecule has 0 aromatic heterocycles. The molecule has 0 fully saturated rings. The fraction of sp³-hybridized carbons (Fsp3) is 0.438. The van der Waals surface area contributed by atoms with Gasteiger partial charge in [-0.05, 0) is 38.2 Å². The Balaban J connectivity index is 2.73. The van der Waals surface area contributed by atoms with Gasteiger partial charge < -0.3 is 16.0 Å². The molecule has 0 saturated heterocycles. The first kappa shape index (κ1) is 16.2. The van der Waals surface area contributed by atoms with E-state index in [1.54, 1.807) is 0 Å². The Kier molecular flexibility index (Phi) is 6.78. The number of amides is 1. The lowest BCUT2D eigenvalue weighted by Crippen LogP contribution is -2.33. The van der Waals surface area contributed by atoms with E-state index in [-0.39, 0.29) is 5.91 Å². The fourth-order valence-corrected chi connectivity index (χ4v) is 1.78. The summed E-state index contributed by atoms with van der Waals surface area (Å²) in [5.41, 5.74) is 7.80. The second kappa shape index (κ2) is 8.36. The van der Waals surface area contributed by atoms with Crippen molar-refractivity contribution in [2.45, 2.75) is 13.8 Å². The highest BCUT2D eigenvalue weighted by Gasteiger charge is 2.10. The van der Waals surface area contributed by atoms with E-state index in [4.69, 9.17) is 5.73 Å². The molecule has 0 spiro atoms. The Morgan fingerprint density at radius 1 is 1.45 bits per heavy atom. The van der Waals surface area contributed by atoms with Gasteiger partial charge in [0.1, 0.15) is 0 Å². The average molecular weight is 273 g/mol. The van der Waals surface area contributed by atoms with Crippen LogP contribution >= 0.6 is 0 Å². The highest BCUT2D eigenvalue weighted by Crippen LogP contribution is 2.12. The van der Waals surface area contributed by atoms with Crippen LogP contribution in [0.2, 0.25) is 0 Å². The number of nitrogens with one attached hydrogen (secondary N) is 1. The first-order valence-corrected chi connectivity index (χ1v) is 6.85. The van der Waals surface area contributed by atoms with Crippen LogP contribution in [0.3, 0.4) is 0 Å². The molecule has 4 heteroatoms. The van der Waals surface area contributed by atoms with E-state index in [0.29, 0.717) is 18.7 Å². The van der Waals surface area contributed by atoms with Gasteiger partial charge in [-0.15, -0.1) is 0 Å². The fourth-order valence-electron chi connectivity index (χ4n) is 1.78. The van der Waals surface area contributed by atoms with Crippen LogP contribution in [0, 0.1) is 18.8 Å². The summed E-state index contributed by atoms with van der Waals surface area (Å²) in [6.45, 7) is 6.77. The summed E-state index contributed by atoms with van der Waals surface area (Å²) in [7, 11) is 2.03. The van der Waals surface area contributed by atoms with Gasteiger partial charge >= 0.3 is 0 Å². The molecule has 0 aliphatic rings. The summed E-state index contributed by atoms with van der Waals surface area (Å²) in [6.07, 6.45) is 0. The number of nitrogens with two attached hydrogens (primary N) is 1. The smallest absolute Gasteiger partial charge is 0.251 e. The molecule has 0 heterocycles. The number of carbonyl (C=O) groups is 1. The molecule has 0 atom stereocenters. The average Bonchev–Trinajstić information content (AvgIpc) is 2.45. The summed E-state index contributed by atoms with van der Waals surface area (Å²) in [6, 6.07) is 5.57. The summed E-state index contributed by atoms with van der Waals surface area (Å²) in [5.74, 6) is 5.75. The van der Waals surface area contributed by atoms with Crippen molar-refractivity contribution in [2.75, 3.05) is 33.2 Å². The predicted octanol–water partition coefficient (Wildman–Crippen LogP) is 0.987. The lowest BCUT2D eigenvalue weighted by molar-refractivity contribution is 0.0949. The third kappa shape index (κ3) is 4.69. The van der Waals surface area contributed by atoms with E-state index < -0.39 is 0 Å². The van der Waals surface area contributed by atoms with E-state index in [0.717, 1.165) is 24.2 Å². The molecule has 0 radical (unpaired) electrons.